The second-order valence-electron chi connectivity index (χ2n) is 5.74. The lowest BCUT2D eigenvalue weighted by Gasteiger charge is -2.31. The van der Waals surface area contributed by atoms with Gasteiger partial charge < -0.3 is 10.6 Å². The molecule has 1 aliphatic heterocycles. The normalized spacial score (nSPS) is 18.3. The van der Waals surface area contributed by atoms with Crippen LogP contribution in [-0.4, -0.2) is 35.6 Å². The van der Waals surface area contributed by atoms with Gasteiger partial charge >= 0.3 is 0 Å². The van der Waals surface area contributed by atoms with E-state index in [4.69, 9.17) is 5.73 Å². The fourth-order valence-electron chi connectivity index (χ4n) is 2.58. The monoisotopic (exact) mass is 384 g/mol. The van der Waals surface area contributed by atoms with Crippen LogP contribution in [0.3, 0.4) is 0 Å². The van der Waals surface area contributed by atoms with Gasteiger partial charge in [0.05, 0.1) is 11.7 Å². The summed E-state index contributed by atoms with van der Waals surface area (Å²) in [5, 5.41) is 0. The molecule has 2 amide bonds. The molecular weight excluding hydrogens is 364 g/mol. The molecule has 120 valence electrons. The van der Waals surface area contributed by atoms with Crippen LogP contribution >= 0.6 is 27.7 Å². The minimum Gasteiger partial charge on any atom is -0.369 e. The molecule has 0 aromatic heterocycles. The van der Waals surface area contributed by atoms with Crippen LogP contribution in [0, 0.1) is 19.8 Å². The molecule has 0 aliphatic carbocycles. The van der Waals surface area contributed by atoms with Gasteiger partial charge in [0.2, 0.25) is 11.8 Å². The number of halogens is 1. The summed E-state index contributed by atoms with van der Waals surface area (Å²) >= 11 is 5.07. The fraction of sp³-hybridized carbons (Fsp3) is 0.500. The lowest BCUT2D eigenvalue weighted by atomic mass is 9.97. The number of carbonyl (C=O) groups excluding carboxylic acids is 2. The third kappa shape index (κ3) is 4.26. The highest BCUT2D eigenvalue weighted by Gasteiger charge is 2.26. The molecule has 1 aromatic carbocycles. The first-order valence-electron chi connectivity index (χ1n) is 7.35. The molecular formula is C16H21BrN2O2S. The molecule has 0 saturated carbocycles. The molecule has 22 heavy (non-hydrogen) atoms. The summed E-state index contributed by atoms with van der Waals surface area (Å²) in [6.07, 6.45) is 1.64. The maximum Gasteiger partial charge on any atom is 0.232 e. The molecule has 1 saturated heterocycles. The highest BCUT2D eigenvalue weighted by atomic mass is 79.9. The Morgan fingerprint density at radius 3 is 2.77 bits per heavy atom. The van der Waals surface area contributed by atoms with E-state index in [9.17, 15) is 9.59 Å². The van der Waals surface area contributed by atoms with Crippen molar-refractivity contribution in [3.05, 3.63) is 27.7 Å². The van der Waals surface area contributed by atoms with E-state index >= 15 is 0 Å². The van der Waals surface area contributed by atoms with Crippen LogP contribution in [0.2, 0.25) is 0 Å². The molecule has 0 bridgehead atoms. The molecule has 4 nitrogen and oxygen atoms in total. The number of aryl methyl sites for hydroxylation is 2. The van der Waals surface area contributed by atoms with Crippen LogP contribution in [0.15, 0.2) is 21.5 Å². The largest absolute Gasteiger partial charge is 0.369 e. The molecule has 1 atom stereocenters. The summed E-state index contributed by atoms with van der Waals surface area (Å²) in [5.74, 6) is -0.0206. The Bertz CT molecular complexity index is 592. The lowest BCUT2D eigenvalue weighted by Crippen LogP contribution is -2.44. The first-order valence-corrected chi connectivity index (χ1v) is 9.13. The van der Waals surface area contributed by atoms with E-state index in [-0.39, 0.29) is 17.7 Å². The summed E-state index contributed by atoms with van der Waals surface area (Å²) in [7, 11) is 0. The van der Waals surface area contributed by atoms with Gasteiger partial charge in [-0.25, -0.2) is 0 Å². The van der Waals surface area contributed by atoms with Gasteiger partial charge in [0.25, 0.3) is 0 Å². The molecule has 1 unspecified atom stereocenters. The molecule has 2 rings (SSSR count). The number of amides is 2. The van der Waals surface area contributed by atoms with Gasteiger partial charge in [-0.15, -0.1) is 11.8 Å². The standard InChI is InChI=1S/C16H21BrN2O2S/c1-10-7-14(11(2)6-13(10)17)22-9-15(20)19-5-3-4-12(8-19)16(18)21/h6-7,12H,3-5,8-9H2,1-2H3,(H2,18,21). The molecule has 6 heteroatoms. The Morgan fingerprint density at radius 1 is 1.36 bits per heavy atom. The summed E-state index contributed by atoms with van der Waals surface area (Å²) in [4.78, 5) is 26.5. The average Bonchev–Trinajstić information content (AvgIpc) is 2.49. The van der Waals surface area contributed by atoms with Crippen LogP contribution in [0.4, 0.5) is 0 Å². The molecule has 0 radical (unpaired) electrons. The molecule has 1 aromatic rings. The van der Waals surface area contributed by atoms with Gasteiger partial charge in [-0.3, -0.25) is 9.59 Å². The number of rotatable bonds is 4. The number of nitrogens with two attached hydrogens (primary N) is 1. The summed E-state index contributed by atoms with van der Waals surface area (Å²) in [6.45, 7) is 5.27. The van der Waals surface area contributed by atoms with Gasteiger partial charge in [0.15, 0.2) is 0 Å². The van der Waals surface area contributed by atoms with Crippen molar-refractivity contribution in [2.45, 2.75) is 31.6 Å². The predicted octanol–water partition coefficient (Wildman–Crippen LogP) is 2.88. The van der Waals surface area contributed by atoms with Gasteiger partial charge in [-0.1, -0.05) is 15.9 Å². The fourth-order valence-corrected chi connectivity index (χ4v) is 4.04. The molecule has 1 aliphatic rings. The van der Waals surface area contributed by atoms with Crippen LogP contribution in [0.5, 0.6) is 0 Å². The minimum atomic E-state index is -0.301. The van der Waals surface area contributed by atoms with Gasteiger partial charge in [0.1, 0.15) is 0 Å². The van der Waals surface area contributed by atoms with Gasteiger partial charge in [-0.2, -0.15) is 0 Å². The van der Waals surface area contributed by atoms with Crippen LogP contribution in [-0.2, 0) is 9.59 Å². The summed E-state index contributed by atoms with van der Waals surface area (Å²) < 4.78 is 1.08. The minimum absolute atomic E-state index is 0.0796. The molecule has 1 fully saturated rings. The van der Waals surface area contributed by atoms with Gasteiger partial charge in [-0.05, 0) is 49.9 Å². The van der Waals surface area contributed by atoms with E-state index in [2.05, 4.69) is 28.1 Å². The number of primary amides is 1. The Labute approximate surface area is 143 Å². The van der Waals surface area contributed by atoms with E-state index in [0.29, 0.717) is 12.3 Å². The third-order valence-corrected chi connectivity index (χ3v) is 5.98. The smallest absolute Gasteiger partial charge is 0.232 e. The van der Waals surface area contributed by atoms with Crippen LogP contribution in [0.1, 0.15) is 24.0 Å². The first-order chi connectivity index (χ1) is 10.4. The Kier molecular flexibility index (Phi) is 5.92. The van der Waals surface area contributed by atoms with Crippen molar-refractivity contribution in [1.82, 2.24) is 4.90 Å². The second-order valence-corrected chi connectivity index (χ2v) is 7.61. The zero-order valence-electron chi connectivity index (χ0n) is 12.9. The third-order valence-electron chi connectivity index (χ3n) is 3.98. The van der Waals surface area contributed by atoms with Crippen LogP contribution < -0.4 is 5.73 Å². The summed E-state index contributed by atoms with van der Waals surface area (Å²) in [6, 6.07) is 4.17. The van der Waals surface area contributed by atoms with E-state index in [1.807, 2.05) is 13.8 Å². The van der Waals surface area contributed by atoms with Crippen molar-refractivity contribution in [2.75, 3.05) is 18.8 Å². The topological polar surface area (TPSA) is 63.4 Å². The molecule has 0 spiro atoms. The lowest BCUT2D eigenvalue weighted by molar-refractivity contribution is -0.132. The summed E-state index contributed by atoms with van der Waals surface area (Å²) in [5.41, 5.74) is 7.67. The van der Waals surface area contributed by atoms with E-state index in [0.717, 1.165) is 39.9 Å². The number of piperidine rings is 1. The number of thioether (sulfide) groups is 1. The maximum atomic E-state index is 12.3. The van der Waals surface area contributed by atoms with Crippen molar-refractivity contribution in [3.63, 3.8) is 0 Å². The highest BCUT2D eigenvalue weighted by Crippen LogP contribution is 2.29. The molecule has 2 N–H and O–H groups in total. The quantitative estimate of drug-likeness (QED) is 0.811. The number of benzene rings is 1. The SMILES string of the molecule is Cc1cc(SCC(=O)N2CCCC(C(N)=O)C2)c(C)cc1Br. The van der Waals surface area contributed by atoms with Crippen molar-refractivity contribution in [1.29, 1.82) is 0 Å². The number of carbonyl (C=O) groups is 2. The van der Waals surface area contributed by atoms with Crippen molar-refractivity contribution < 1.29 is 9.59 Å². The zero-order valence-corrected chi connectivity index (χ0v) is 15.3. The maximum absolute atomic E-state index is 12.3. The Balaban J connectivity index is 1.95. The first kappa shape index (κ1) is 17.3. The van der Waals surface area contributed by atoms with Crippen molar-refractivity contribution in [3.8, 4) is 0 Å². The highest BCUT2D eigenvalue weighted by molar-refractivity contribution is 9.10. The second kappa shape index (κ2) is 7.51. The number of hydrogen-bond donors (Lipinski definition) is 1. The number of nitrogens with zero attached hydrogens (tertiary/aromatic N) is 1. The Morgan fingerprint density at radius 2 is 2.09 bits per heavy atom. The van der Waals surface area contributed by atoms with E-state index < -0.39 is 0 Å². The van der Waals surface area contributed by atoms with Crippen molar-refractivity contribution >= 4 is 39.5 Å². The zero-order chi connectivity index (χ0) is 16.3. The number of likely N-dealkylation sites (tertiary alicyclic amines) is 1. The van der Waals surface area contributed by atoms with E-state index in [1.165, 1.54) is 0 Å². The predicted molar refractivity (Wildman–Crippen MR) is 92.8 cm³/mol. The van der Waals surface area contributed by atoms with Crippen molar-refractivity contribution in [2.24, 2.45) is 11.7 Å². The van der Waals surface area contributed by atoms with Gasteiger partial charge in [0, 0.05) is 22.5 Å². The Hall–Kier alpha value is -1.01. The average molecular weight is 385 g/mol. The van der Waals surface area contributed by atoms with Crippen LogP contribution in [0.25, 0.3) is 0 Å². The molecule has 1 heterocycles. The number of hydrogen-bond acceptors (Lipinski definition) is 3. The van der Waals surface area contributed by atoms with E-state index in [1.54, 1.807) is 16.7 Å².